The minimum atomic E-state index is -0.439. The molecule has 0 amide bonds. The van der Waals surface area contributed by atoms with Gasteiger partial charge in [-0.2, -0.15) is 0 Å². The van der Waals surface area contributed by atoms with Crippen LogP contribution >= 0.6 is 0 Å². The molecule has 1 heterocycles. The standard InChI is InChI=1S/C14H22N4O3/c1-2-15-12-6-5-11(18(20)21)13(17-12)16-9-14(10-19)7-3-4-8-14/h5-6,19H,2-4,7-10H2,1H3,(H2,15,16,17). The Morgan fingerprint density at radius 2 is 2.10 bits per heavy atom. The van der Waals surface area contributed by atoms with Crippen LogP contribution in [-0.4, -0.2) is 34.7 Å². The predicted molar refractivity (Wildman–Crippen MR) is 81.5 cm³/mol. The molecule has 0 bridgehead atoms. The molecule has 0 unspecified atom stereocenters. The van der Waals surface area contributed by atoms with Gasteiger partial charge in [-0.25, -0.2) is 4.98 Å². The molecule has 0 radical (unpaired) electrons. The van der Waals surface area contributed by atoms with E-state index in [0.717, 1.165) is 25.7 Å². The van der Waals surface area contributed by atoms with E-state index in [9.17, 15) is 15.2 Å². The molecule has 21 heavy (non-hydrogen) atoms. The van der Waals surface area contributed by atoms with Crippen molar-refractivity contribution in [1.29, 1.82) is 0 Å². The number of aromatic nitrogens is 1. The molecule has 1 aromatic heterocycles. The van der Waals surface area contributed by atoms with E-state index in [0.29, 0.717) is 18.9 Å². The largest absolute Gasteiger partial charge is 0.396 e. The Hall–Kier alpha value is -1.89. The van der Waals surface area contributed by atoms with E-state index >= 15 is 0 Å². The van der Waals surface area contributed by atoms with Crippen molar-refractivity contribution in [2.45, 2.75) is 32.6 Å². The van der Waals surface area contributed by atoms with Gasteiger partial charge in [0.05, 0.1) is 11.5 Å². The molecule has 1 aromatic rings. The van der Waals surface area contributed by atoms with Crippen LogP contribution in [0.25, 0.3) is 0 Å². The Balaban J connectivity index is 2.16. The number of hydrogen-bond acceptors (Lipinski definition) is 6. The van der Waals surface area contributed by atoms with E-state index in [1.165, 1.54) is 6.07 Å². The van der Waals surface area contributed by atoms with Crippen molar-refractivity contribution < 1.29 is 10.0 Å². The van der Waals surface area contributed by atoms with Gasteiger partial charge in [-0.05, 0) is 25.8 Å². The molecule has 1 fully saturated rings. The lowest BCUT2D eigenvalue weighted by atomic mass is 9.87. The van der Waals surface area contributed by atoms with E-state index in [1.54, 1.807) is 6.07 Å². The highest BCUT2D eigenvalue weighted by molar-refractivity contribution is 5.60. The van der Waals surface area contributed by atoms with Crippen molar-refractivity contribution in [2.75, 3.05) is 30.3 Å². The Labute approximate surface area is 123 Å². The fourth-order valence-corrected chi connectivity index (χ4v) is 2.80. The molecule has 1 aliphatic carbocycles. The summed E-state index contributed by atoms with van der Waals surface area (Å²) < 4.78 is 0. The Kier molecular flexibility index (Phi) is 4.95. The van der Waals surface area contributed by atoms with Gasteiger partial charge in [0.1, 0.15) is 5.82 Å². The van der Waals surface area contributed by atoms with Gasteiger partial charge in [-0.3, -0.25) is 10.1 Å². The first-order valence-corrected chi connectivity index (χ1v) is 7.34. The van der Waals surface area contributed by atoms with Crippen LogP contribution in [0, 0.1) is 15.5 Å². The molecule has 3 N–H and O–H groups in total. The number of rotatable bonds is 7. The molecule has 0 aromatic carbocycles. The molecular formula is C14H22N4O3. The van der Waals surface area contributed by atoms with Crippen LogP contribution in [0.15, 0.2) is 12.1 Å². The smallest absolute Gasteiger partial charge is 0.311 e. The topological polar surface area (TPSA) is 100 Å². The van der Waals surface area contributed by atoms with Gasteiger partial charge in [0, 0.05) is 24.6 Å². The number of hydrogen-bond donors (Lipinski definition) is 3. The molecule has 0 aliphatic heterocycles. The maximum Gasteiger partial charge on any atom is 0.311 e. The molecule has 0 spiro atoms. The summed E-state index contributed by atoms with van der Waals surface area (Å²) in [5.41, 5.74) is -0.216. The number of aliphatic hydroxyl groups excluding tert-OH is 1. The van der Waals surface area contributed by atoms with Crippen molar-refractivity contribution in [3.8, 4) is 0 Å². The molecule has 0 saturated heterocycles. The predicted octanol–water partition coefficient (Wildman–Crippen LogP) is 2.39. The van der Waals surface area contributed by atoms with Crippen molar-refractivity contribution in [1.82, 2.24) is 4.98 Å². The summed E-state index contributed by atoms with van der Waals surface area (Å²) in [7, 11) is 0. The monoisotopic (exact) mass is 294 g/mol. The van der Waals surface area contributed by atoms with Crippen molar-refractivity contribution in [3.63, 3.8) is 0 Å². The third kappa shape index (κ3) is 3.60. The number of pyridine rings is 1. The van der Waals surface area contributed by atoms with Gasteiger partial charge in [0.15, 0.2) is 0 Å². The summed E-state index contributed by atoms with van der Waals surface area (Å²) in [5.74, 6) is 0.869. The maximum absolute atomic E-state index is 11.1. The zero-order chi connectivity index (χ0) is 15.3. The van der Waals surface area contributed by atoms with Gasteiger partial charge in [-0.1, -0.05) is 12.8 Å². The van der Waals surface area contributed by atoms with Crippen LogP contribution in [0.1, 0.15) is 32.6 Å². The number of nitro groups is 1. The van der Waals surface area contributed by atoms with E-state index < -0.39 is 4.92 Å². The van der Waals surface area contributed by atoms with Crippen LogP contribution in [0.3, 0.4) is 0 Å². The quantitative estimate of drug-likeness (QED) is 0.527. The van der Waals surface area contributed by atoms with Gasteiger partial charge in [-0.15, -0.1) is 0 Å². The summed E-state index contributed by atoms with van der Waals surface area (Å²) in [5, 5.41) is 26.8. The number of nitrogens with zero attached hydrogens (tertiary/aromatic N) is 2. The Bertz CT molecular complexity index is 501. The lowest BCUT2D eigenvalue weighted by Gasteiger charge is -2.26. The molecule has 2 rings (SSSR count). The molecular weight excluding hydrogens is 272 g/mol. The lowest BCUT2D eigenvalue weighted by Crippen LogP contribution is -2.31. The fourth-order valence-electron chi connectivity index (χ4n) is 2.80. The SMILES string of the molecule is CCNc1ccc([N+](=O)[O-])c(NCC2(CO)CCCC2)n1. The zero-order valence-corrected chi connectivity index (χ0v) is 12.3. The van der Waals surface area contributed by atoms with Gasteiger partial charge in [0.25, 0.3) is 0 Å². The zero-order valence-electron chi connectivity index (χ0n) is 12.3. The molecule has 1 saturated carbocycles. The third-order valence-corrected chi connectivity index (χ3v) is 4.06. The second-order valence-electron chi connectivity index (χ2n) is 5.57. The van der Waals surface area contributed by atoms with Crippen molar-refractivity contribution in [2.24, 2.45) is 5.41 Å². The molecule has 116 valence electrons. The van der Waals surface area contributed by atoms with Crippen molar-refractivity contribution in [3.05, 3.63) is 22.2 Å². The summed E-state index contributed by atoms with van der Waals surface area (Å²) in [6.07, 6.45) is 4.07. The molecule has 7 nitrogen and oxygen atoms in total. The second-order valence-corrected chi connectivity index (χ2v) is 5.57. The highest BCUT2D eigenvalue weighted by atomic mass is 16.6. The normalized spacial score (nSPS) is 16.7. The summed E-state index contributed by atoms with van der Waals surface area (Å²) in [6.45, 7) is 3.24. The Morgan fingerprint density at radius 3 is 2.67 bits per heavy atom. The highest BCUT2D eigenvalue weighted by Crippen LogP contribution is 2.38. The average Bonchev–Trinajstić information content (AvgIpc) is 2.95. The lowest BCUT2D eigenvalue weighted by molar-refractivity contribution is -0.384. The summed E-state index contributed by atoms with van der Waals surface area (Å²) in [4.78, 5) is 14.9. The van der Waals surface area contributed by atoms with Crippen LogP contribution in [0.4, 0.5) is 17.3 Å². The minimum absolute atomic E-state index is 0.0391. The van der Waals surface area contributed by atoms with Crippen LogP contribution in [0.5, 0.6) is 0 Å². The van der Waals surface area contributed by atoms with Gasteiger partial charge in [0.2, 0.25) is 5.82 Å². The number of nitrogens with one attached hydrogen (secondary N) is 2. The van der Waals surface area contributed by atoms with Gasteiger partial charge < -0.3 is 15.7 Å². The first kappa shape index (κ1) is 15.5. The maximum atomic E-state index is 11.1. The highest BCUT2D eigenvalue weighted by Gasteiger charge is 2.33. The van der Waals surface area contributed by atoms with Crippen LogP contribution in [0.2, 0.25) is 0 Å². The first-order chi connectivity index (χ1) is 10.1. The fraction of sp³-hybridized carbons (Fsp3) is 0.643. The average molecular weight is 294 g/mol. The number of anilines is 2. The van der Waals surface area contributed by atoms with Crippen LogP contribution in [-0.2, 0) is 0 Å². The second kappa shape index (κ2) is 6.71. The van der Waals surface area contributed by atoms with E-state index in [-0.39, 0.29) is 23.5 Å². The Morgan fingerprint density at radius 1 is 1.38 bits per heavy atom. The number of aliphatic hydroxyl groups is 1. The minimum Gasteiger partial charge on any atom is -0.396 e. The van der Waals surface area contributed by atoms with Crippen LogP contribution < -0.4 is 10.6 Å². The third-order valence-electron chi connectivity index (χ3n) is 4.06. The summed E-state index contributed by atoms with van der Waals surface area (Å²) in [6, 6.07) is 3.05. The molecule has 7 heteroatoms. The van der Waals surface area contributed by atoms with E-state index in [1.807, 2.05) is 6.92 Å². The van der Waals surface area contributed by atoms with E-state index in [2.05, 4.69) is 15.6 Å². The molecule has 1 aliphatic rings. The van der Waals surface area contributed by atoms with Gasteiger partial charge >= 0.3 is 5.69 Å². The first-order valence-electron chi connectivity index (χ1n) is 7.34. The summed E-state index contributed by atoms with van der Waals surface area (Å²) >= 11 is 0. The van der Waals surface area contributed by atoms with Crippen molar-refractivity contribution >= 4 is 17.3 Å². The van der Waals surface area contributed by atoms with E-state index in [4.69, 9.17) is 0 Å². The molecule has 0 atom stereocenters.